The smallest absolute Gasteiger partial charge is 0.235 e. The Morgan fingerprint density at radius 3 is 3.06 bits per heavy atom. The van der Waals surface area contributed by atoms with Crippen LogP contribution in [-0.4, -0.2) is 28.4 Å². The SMILES string of the molecule is NC(=O)C1C2CCCC2CN1Cc1cnc(N)s1. The van der Waals surface area contributed by atoms with Crippen molar-refractivity contribution in [1.29, 1.82) is 0 Å². The lowest BCUT2D eigenvalue weighted by molar-refractivity contribution is -0.123. The topological polar surface area (TPSA) is 85.2 Å². The Balaban J connectivity index is 1.77. The van der Waals surface area contributed by atoms with E-state index in [1.54, 1.807) is 6.20 Å². The predicted octanol–water partition coefficient (Wildman–Crippen LogP) is 0.811. The van der Waals surface area contributed by atoms with Gasteiger partial charge in [-0.15, -0.1) is 11.3 Å². The number of hydrogen-bond donors (Lipinski definition) is 2. The summed E-state index contributed by atoms with van der Waals surface area (Å²) in [6, 6.07) is -0.0965. The van der Waals surface area contributed by atoms with Gasteiger partial charge in [0, 0.05) is 24.2 Å². The molecule has 3 atom stereocenters. The zero-order valence-corrected chi connectivity index (χ0v) is 11.0. The minimum absolute atomic E-state index is 0.0965. The number of aromatic nitrogens is 1. The van der Waals surface area contributed by atoms with Gasteiger partial charge in [0.05, 0.1) is 6.04 Å². The Labute approximate surface area is 110 Å². The van der Waals surface area contributed by atoms with E-state index in [1.165, 1.54) is 24.2 Å². The van der Waals surface area contributed by atoms with Gasteiger partial charge >= 0.3 is 0 Å². The molecule has 1 saturated carbocycles. The molecule has 4 N–H and O–H groups in total. The second-order valence-corrected chi connectivity index (χ2v) is 6.44. The molecule has 5 nitrogen and oxygen atoms in total. The highest BCUT2D eigenvalue weighted by atomic mass is 32.1. The normalized spacial score (nSPS) is 31.7. The Kier molecular flexibility index (Phi) is 2.99. The molecule has 3 rings (SSSR count). The van der Waals surface area contributed by atoms with E-state index in [-0.39, 0.29) is 11.9 Å². The number of likely N-dealkylation sites (tertiary alicyclic amines) is 1. The van der Waals surface area contributed by atoms with Gasteiger partial charge in [-0.25, -0.2) is 4.98 Å². The van der Waals surface area contributed by atoms with Crippen molar-refractivity contribution in [3.8, 4) is 0 Å². The van der Waals surface area contributed by atoms with Crippen LogP contribution in [0.15, 0.2) is 6.20 Å². The van der Waals surface area contributed by atoms with Crippen LogP contribution in [0.3, 0.4) is 0 Å². The fourth-order valence-corrected chi connectivity index (χ4v) is 4.25. The number of anilines is 1. The fourth-order valence-electron chi connectivity index (χ4n) is 3.54. The number of carbonyl (C=O) groups excluding carboxylic acids is 1. The van der Waals surface area contributed by atoms with Gasteiger partial charge in [0.2, 0.25) is 5.91 Å². The zero-order valence-electron chi connectivity index (χ0n) is 10.2. The van der Waals surface area contributed by atoms with E-state index in [1.807, 2.05) is 0 Å². The molecule has 0 aromatic carbocycles. The van der Waals surface area contributed by atoms with Gasteiger partial charge in [-0.05, 0) is 24.7 Å². The highest BCUT2D eigenvalue weighted by Crippen LogP contribution is 2.42. The number of nitrogens with zero attached hydrogens (tertiary/aromatic N) is 2. The van der Waals surface area contributed by atoms with E-state index >= 15 is 0 Å². The van der Waals surface area contributed by atoms with Crippen LogP contribution in [0.2, 0.25) is 0 Å². The number of nitrogens with two attached hydrogens (primary N) is 2. The maximum absolute atomic E-state index is 11.7. The van der Waals surface area contributed by atoms with Crippen LogP contribution in [0, 0.1) is 11.8 Å². The summed E-state index contributed by atoms with van der Waals surface area (Å²) in [6.07, 6.45) is 5.40. The Hall–Kier alpha value is -1.14. The first kappa shape index (κ1) is 11.9. The lowest BCUT2D eigenvalue weighted by Crippen LogP contribution is -2.43. The van der Waals surface area contributed by atoms with Crippen molar-refractivity contribution in [3.05, 3.63) is 11.1 Å². The molecule has 2 fully saturated rings. The first-order valence-electron chi connectivity index (χ1n) is 6.38. The predicted molar refractivity (Wildman–Crippen MR) is 70.7 cm³/mol. The van der Waals surface area contributed by atoms with Gasteiger partial charge < -0.3 is 11.5 Å². The van der Waals surface area contributed by atoms with Gasteiger partial charge in [0.1, 0.15) is 0 Å². The molecule has 1 aromatic rings. The molecule has 2 aliphatic rings. The minimum Gasteiger partial charge on any atom is -0.375 e. The summed E-state index contributed by atoms with van der Waals surface area (Å²) in [4.78, 5) is 19.1. The molecular weight excluding hydrogens is 248 g/mol. The summed E-state index contributed by atoms with van der Waals surface area (Å²) in [6.45, 7) is 1.73. The molecule has 0 bridgehead atoms. The molecular formula is C12H18N4OS. The van der Waals surface area contributed by atoms with Gasteiger partial charge in [-0.2, -0.15) is 0 Å². The van der Waals surface area contributed by atoms with Crippen molar-refractivity contribution in [1.82, 2.24) is 9.88 Å². The second-order valence-electron chi connectivity index (χ2n) is 5.30. The third-order valence-corrected chi connectivity index (χ3v) is 5.02. The molecule has 18 heavy (non-hydrogen) atoms. The standard InChI is InChI=1S/C12H18N4OS/c13-11(17)10-9-3-1-2-7(9)5-16(10)6-8-4-15-12(14)18-8/h4,7,9-10H,1-3,5-6H2,(H2,13,17)(H2,14,15). The molecule has 1 aliphatic carbocycles. The lowest BCUT2D eigenvalue weighted by Gasteiger charge is -2.24. The maximum Gasteiger partial charge on any atom is 0.235 e. The zero-order chi connectivity index (χ0) is 12.7. The molecule has 6 heteroatoms. The molecule has 0 radical (unpaired) electrons. The summed E-state index contributed by atoms with van der Waals surface area (Å²) in [7, 11) is 0. The number of hydrogen-bond acceptors (Lipinski definition) is 5. The Morgan fingerprint density at radius 2 is 2.39 bits per heavy atom. The largest absolute Gasteiger partial charge is 0.375 e. The Morgan fingerprint density at radius 1 is 1.56 bits per heavy atom. The summed E-state index contributed by atoms with van der Waals surface area (Å²) >= 11 is 1.49. The van der Waals surface area contributed by atoms with E-state index in [0.717, 1.165) is 24.4 Å². The van der Waals surface area contributed by atoms with Crippen LogP contribution in [0.25, 0.3) is 0 Å². The average molecular weight is 266 g/mol. The molecule has 1 amide bonds. The Bertz CT molecular complexity index is 461. The van der Waals surface area contributed by atoms with E-state index in [4.69, 9.17) is 11.5 Å². The van der Waals surface area contributed by atoms with E-state index in [0.29, 0.717) is 17.0 Å². The first-order chi connectivity index (χ1) is 8.65. The minimum atomic E-state index is -0.179. The molecule has 1 aliphatic heterocycles. The monoisotopic (exact) mass is 266 g/mol. The van der Waals surface area contributed by atoms with Crippen molar-refractivity contribution in [2.24, 2.45) is 17.6 Å². The fraction of sp³-hybridized carbons (Fsp3) is 0.667. The molecule has 1 saturated heterocycles. The summed E-state index contributed by atoms with van der Waals surface area (Å²) < 4.78 is 0. The van der Waals surface area contributed by atoms with Gasteiger partial charge in [0.25, 0.3) is 0 Å². The number of fused-ring (bicyclic) bond motifs is 1. The third kappa shape index (κ3) is 1.99. The second kappa shape index (κ2) is 4.51. The molecule has 0 spiro atoms. The lowest BCUT2D eigenvalue weighted by atomic mass is 9.94. The van der Waals surface area contributed by atoms with Crippen LogP contribution in [0.5, 0.6) is 0 Å². The van der Waals surface area contributed by atoms with Gasteiger partial charge in [-0.1, -0.05) is 6.42 Å². The quantitative estimate of drug-likeness (QED) is 0.848. The van der Waals surface area contributed by atoms with Gasteiger partial charge in [0.15, 0.2) is 5.13 Å². The highest BCUT2D eigenvalue weighted by Gasteiger charge is 2.46. The molecule has 2 heterocycles. The van der Waals surface area contributed by atoms with E-state index < -0.39 is 0 Å². The van der Waals surface area contributed by atoms with Crippen LogP contribution in [-0.2, 0) is 11.3 Å². The first-order valence-corrected chi connectivity index (χ1v) is 7.20. The summed E-state index contributed by atoms with van der Waals surface area (Å²) in [5.74, 6) is 0.933. The van der Waals surface area contributed by atoms with Crippen LogP contribution in [0.1, 0.15) is 24.1 Å². The van der Waals surface area contributed by atoms with E-state index in [2.05, 4.69) is 9.88 Å². The van der Waals surface area contributed by atoms with Crippen molar-refractivity contribution in [2.75, 3.05) is 12.3 Å². The number of thiazole rings is 1. The summed E-state index contributed by atoms with van der Waals surface area (Å²) in [5.41, 5.74) is 11.2. The molecule has 1 aromatic heterocycles. The third-order valence-electron chi connectivity index (χ3n) is 4.21. The average Bonchev–Trinajstić information content (AvgIpc) is 2.93. The van der Waals surface area contributed by atoms with Crippen LogP contribution < -0.4 is 11.5 Å². The number of primary amides is 1. The number of carbonyl (C=O) groups is 1. The van der Waals surface area contributed by atoms with Crippen molar-refractivity contribution < 1.29 is 4.79 Å². The number of rotatable bonds is 3. The number of amides is 1. The number of nitrogen functional groups attached to an aromatic ring is 1. The van der Waals surface area contributed by atoms with Crippen LogP contribution >= 0.6 is 11.3 Å². The van der Waals surface area contributed by atoms with Crippen molar-refractivity contribution in [3.63, 3.8) is 0 Å². The highest BCUT2D eigenvalue weighted by molar-refractivity contribution is 7.15. The van der Waals surface area contributed by atoms with Gasteiger partial charge in [-0.3, -0.25) is 9.69 Å². The molecule has 98 valence electrons. The van der Waals surface area contributed by atoms with Crippen molar-refractivity contribution in [2.45, 2.75) is 31.8 Å². The maximum atomic E-state index is 11.7. The van der Waals surface area contributed by atoms with Crippen LogP contribution in [0.4, 0.5) is 5.13 Å². The van der Waals surface area contributed by atoms with E-state index in [9.17, 15) is 4.79 Å². The molecule has 3 unspecified atom stereocenters. The van der Waals surface area contributed by atoms with Crippen molar-refractivity contribution >= 4 is 22.4 Å². The summed E-state index contributed by atoms with van der Waals surface area (Å²) in [5, 5.41) is 0.583.